The van der Waals surface area contributed by atoms with Crippen molar-refractivity contribution in [2.24, 2.45) is 17.6 Å². The number of hydrogen-bond acceptors (Lipinski definition) is 2. The lowest BCUT2D eigenvalue weighted by Crippen LogP contribution is -2.50. The Bertz CT molecular complexity index is 260. The first-order chi connectivity index (χ1) is 8.84. The number of nitrogens with zero attached hydrogens (tertiary/aromatic N) is 1. The van der Waals surface area contributed by atoms with Crippen molar-refractivity contribution in [3.63, 3.8) is 0 Å². The molecule has 3 fully saturated rings. The monoisotopic (exact) mass is 250 g/mol. The molecule has 3 atom stereocenters. The maximum absolute atomic E-state index is 6.52. The highest BCUT2D eigenvalue weighted by Crippen LogP contribution is 2.37. The Morgan fingerprint density at radius 3 is 2.50 bits per heavy atom. The zero-order chi connectivity index (χ0) is 12.4. The van der Waals surface area contributed by atoms with E-state index in [0.717, 1.165) is 17.9 Å². The van der Waals surface area contributed by atoms with Crippen LogP contribution in [0.25, 0.3) is 0 Å². The van der Waals surface area contributed by atoms with Gasteiger partial charge in [-0.05, 0) is 56.9 Å². The quantitative estimate of drug-likeness (QED) is 0.833. The van der Waals surface area contributed by atoms with E-state index in [1.165, 1.54) is 77.3 Å². The molecule has 104 valence electrons. The van der Waals surface area contributed by atoms with Gasteiger partial charge in [0.2, 0.25) is 0 Å². The molecule has 0 aromatic heterocycles. The molecule has 3 unspecified atom stereocenters. The van der Waals surface area contributed by atoms with Gasteiger partial charge in [0.1, 0.15) is 0 Å². The molecular weight excluding hydrogens is 220 g/mol. The molecule has 18 heavy (non-hydrogen) atoms. The SMILES string of the molecule is NC(CN1CCCC2CCCC21)C1CCCCC1. The summed E-state index contributed by atoms with van der Waals surface area (Å²) in [5.41, 5.74) is 6.52. The highest BCUT2D eigenvalue weighted by Gasteiger charge is 2.36. The predicted octanol–water partition coefficient (Wildman–Crippen LogP) is 3.16. The van der Waals surface area contributed by atoms with Gasteiger partial charge in [-0.15, -0.1) is 0 Å². The third-order valence-electron chi connectivity index (χ3n) is 5.81. The molecule has 0 bridgehead atoms. The van der Waals surface area contributed by atoms with Crippen LogP contribution in [-0.4, -0.2) is 30.1 Å². The van der Waals surface area contributed by atoms with Crippen LogP contribution in [0.15, 0.2) is 0 Å². The normalized spacial score (nSPS) is 36.5. The average Bonchev–Trinajstić information content (AvgIpc) is 2.89. The van der Waals surface area contributed by atoms with Crippen LogP contribution in [0.3, 0.4) is 0 Å². The molecule has 2 heteroatoms. The van der Waals surface area contributed by atoms with Gasteiger partial charge < -0.3 is 5.73 Å². The van der Waals surface area contributed by atoms with Gasteiger partial charge in [-0.1, -0.05) is 25.7 Å². The van der Waals surface area contributed by atoms with Crippen molar-refractivity contribution in [3.8, 4) is 0 Å². The Balaban J connectivity index is 1.54. The molecule has 2 aliphatic carbocycles. The van der Waals surface area contributed by atoms with E-state index in [1.54, 1.807) is 0 Å². The maximum atomic E-state index is 6.52. The molecule has 0 aromatic rings. The van der Waals surface area contributed by atoms with Crippen LogP contribution < -0.4 is 5.73 Å². The summed E-state index contributed by atoms with van der Waals surface area (Å²) in [6.45, 7) is 2.51. The van der Waals surface area contributed by atoms with Gasteiger partial charge in [-0.3, -0.25) is 4.90 Å². The zero-order valence-corrected chi connectivity index (χ0v) is 11.8. The van der Waals surface area contributed by atoms with Crippen LogP contribution in [0.1, 0.15) is 64.2 Å². The van der Waals surface area contributed by atoms with E-state index in [-0.39, 0.29) is 0 Å². The maximum Gasteiger partial charge on any atom is 0.0196 e. The number of piperidine rings is 1. The lowest BCUT2D eigenvalue weighted by atomic mass is 9.83. The van der Waals surface area contributed by atoms with Crippen LogP contribution in [0.4, 0.5) is 0 Å². The van der Waals surface area contributed by atoms with Crippen LogP contribution >= 0.6 is 0 Å². The molecule has 2 N–H and O–H groups in total. The summed E-state index contributed by atoms with van der Waals surface area (Å²) in [7, 11) is 0. The molecule has 0 spiro atoms. The van der Waals surface area contributed by atoms with Crippen LogP contribution in [0, 0.1) is 11.8 Å². The van der Waals surface area contributed by atoms with Gasteiger partial charge in [0.25, 0.3) is 0 Å². The molecule has 3 aliphatic rings. The Labute approximate surface area is 112 Å². The fourth-order valence-corrected chi connectivity index (χ4v) is 4.77. The molecule has 0 aromatic carbocycles. The summed E-state index contributed by atoms with van der Waals surface area (Å²) in [6.07, 6.45) is 14.4. The molecule has 2 saturated carbocycles. The number of likely N-dealkylation sites (tertiary alicyclic amines) is 1. The molecule has 1 heterocycles. The van der Waals surface area contributed by atoms with E-state index in [4.69, 9.17) is 5.73 Å². The first kappa shape index (κ1) is 12.9. The van der Waals surface area contributed by atoms with Crippen molar-refractivity contribution in [3.05, 3.63) is 0 Å². The van der Waals surface area contributed by atoms with Crippen molar-refractivity contribution in [1.29, 1.82) is 0 Å². The van der Waals surface area contributed by atoms with Crippen molar-refractivity contribution < 1.29 is 0 Å². The van der Waals surface area contributed by atoms with Crippen molar-refractivity contribution in [2.75, 3.05) is 13.1 Å². The molecule has 0 amide bonds. The number of rotatable bonds is 3. The summed E-state index contributed by atoms with van der Waals surface area (Å²) in [4.78, 5) is 2.76. The molecule has 1 saturated heterocycles. The minimum Gasteiger partial charge on any atom is -0.326 e. The summed E-state index contributed by atoms with van der Waals surface area (Å²) >= 11 is 0. The lowest BCUT2D eigenvalue weighted by molar-refractivity contribution is 0.0935. The molecule has 2 nitrogen and oxygen atoms in total. The average molecular weight is 250 g/mol. The third kappa shape index (κ3) is 2.75. The smallest absolute Gasteiger partial charge is 0.0196 e. The van der Waals surface area contributed by atoms with Gasteiger partial charge >= 0.3 is 0 Å². The molecule has 0 radical (unpaired) electrons. The van der Waals surface area contributed by atoms with E-state index in [1.807, 2.05) is 0 Å². The Kier molecular flexibility index (Phi) is 4.25. The van der Waals surface area contributed by atoms with Gasteiger partial charge in [0.05, 0.1) is 0 Å². The zero-order valence-electron chi connectivity index (χ0n) is 11.8. The van der Waals surface area contributed by atoms with Crippen LogP contribution in [0.2, 0.25) is 0 Å². The second-order valence-corrected chi connectivity index (χ2v) is 6.96. The highest BCUT2D eigenvalue weighted by atomic mass is 15.2. The first-order valence-electron chi connectivity index (χ1n) is 8.34. The fraction of sp³-hybridized carbons (Fsp3) is 1.00. The number of hydrogen-bond donors (Lipinski definition) is 1. The number of fused-ring (bicyclic) bond motifs is 1. The van der Waals surface area contributed by atoms with E-state index in [2.05, 4.69) is 4.90 Å². The lowest BCUT2D eigenvalue weighted by Gasteiger charge is -2.40. The largest absolute Gasteiger partial charge is 0.326 e. The fourth-order valence-electron chi connectivity index (χ4n) is 4.77. The molecule has 1 aliphatic heterocycles. The van der Waals surface area contributed by atoms with Gasteiger partial charge in [0.15, 0.2) is 0 Å². The van der Waals surface area contributed by atoms with Crippen LogP contribution in [0.5, 0.6) is 0 Å². The summed E-state index contributed by atoms with van der Waals surface area (Å²) in [5, 5.41) is 0. The summed E-state index contributed by atoms with van der Waals surface area (Å²) in [6, 6.07) is 1.35. The van der Waals surface area contributed by atoms with E-state index < -0.39 is 0 Å². The van der Waals surface area contributed by atoms with E-state index >= 15 is 0 Å². The van der Waals surface area contributed by atoms with Crippen molar-refractivity contribution >= 4 is 0 Å². The van der Waals surface area contributed by atoms with Gasteiger partial charge in [-0.25, -0.2) is 0 Å². The minimum absolute atomic E-state index is 0.449. The molecular formula is C16H30N2. The van der Waals surface area contributed by atoms with E-state index in [0.29, 0.717) is 6.04 Å². The van der Waals surface area contributed by atoms with Gasteiger partial charge in [-0.2, -0.15) is 0 Å². The minimum atomic E-state index is 0.449. The summed E-state index contributed by atoms with van der Waals surface area (Å²) < 4.78 is 0. The Morgan fingerprint density at radius 2 is 1.67 bits per heavy atom. The topological polar surface area (TPSA) is 29.3 Å². The predicted molar refractivity (Wildman–Crippen MR) is 76.5 cm³/mol. The second-order valence-electron chi connectivity index (χ2n) is 6.96. The standard InChI is InChI=1S/C16H30N2/c17-15(13-6-2-1-3-7-13)12-18-11-5-9-14-8-4-10-16(14)18/h13-16H,1-12,17H2. The van der Waals surface area contributed by atoms with Crippen molar-refractivity contribution in [2.45, 2.75) is 76.3 Å². The Morgan fingerprint density at radius 1 is 0.889 bits per heavy atom. The molecule has 3 rings (SSSR count). The third-order valence-corrected chi connectivity index (χ3v) is 5.81. The van der Waals surface area contributed by atoms with Crippen molar-refractivity contribution in [1.82, 2.24) is 4.90 Å². The van der Waals surface area contributed by atoms with E-state index in [9.17, 15) is 0 Å². The second kappa shape index (κ2) is 5.92. The highest BCUT2D eigenvalue weighted by molar-refractivity contribution is 4.91. The van der Waals surface area contributed by atoms with Crippen LogP contribution in [-0.2, 0) is 0 Å². The Hall–Kier alpha value is -0.0800. The van der Waals surface area contributed by atoms with Gasteiger partial charge in [0, 0.05) is 18.6 Å². The summed E-state index contributed by atoms with van der Waals surface area (Å²) in [5.74, 6) is 1.83. The first-order valence-corrected chi connectivity index (χ1v) is 8.34. The number of nitrogens with two attached hydrogens (primary N) is 1.